The zero-order chi connectivity index (χ0) is 12.5. The number of rotatable bonds is 1. The summed E-state index contributed by atoms with van der Waals surface area (Å²) in [5.41, 5.74) is 1.57. The number of hydrogen-bond acceptors (Lipinski definition) is 2. The summed E-state index contributed by atoms with van der Waals surface area (Å²) >= 11 is 0. The van der Waals surface area contributed by atoms with E-state index in [2.05, 4.69) is 9.97 Å². The van der Waals surface area contributed by atoms with Gasteiger partial charge in [0.15, 0.2) is 5.43 Å². The smallest absolute Gasteiger partial charge is 0.249 e. The van der Waals surface area contributed by atoms with Crippen molar-refractivity contribution in [3.63, 3.8) is 0 Å². The van der Waals surface area contributed by atoms with Crippen LogP contribution in [0.2, 0.25) is 0 Å². The van der Waals surface area contributed by atoms with E-state index in [1.165, 1.54) is 6.07 Å². The Morgan fingerprint density at radius 2 is 1.67 bits per heavy atom. The van der Waals surface area contributed by atoms with E-state index < -0.39 is 0 Å². The molecule has 0 bridgehead atoms. The van der Waals surface area contributed by atoms with Gasteiger partial charge in [0.05, 0.1) is 5.39 Å². The zero-order valence-electron chi connectivity index (χ0n) is 9.44. The van der Waals surface area contributed by atoms with Crippen LogP contribution in [0.5, 0.6) is 0 Å². The predicted octanol–water partition coefficient (Wildman–Crippen LogP) is 1.88. The Hall–Kier alpha value is -2.62. The summed E-state index contributed by atoms with van der Waals surface area (Å²) < 4.78 is 0. The number of aromatic nitrogens is 2. The molecule has 3 rings (SSSR count). The van der Waals surface area contributed by atoms with Crippen LogP contribution in [0.15, 0.2) is 58.3 Å². The lowest BCUT2D eigenvalue weighted by atomic mass is 10.1. The van der Waals surface area contributed by atoms with Crippen LogP contribution in [0.25, 0.3) is 22.2 Å². The first-order valence-electron chi connectivity index (χ1n) is 5.56. The molecule has 0 aliphatic carbocycles. The second-order valence-corrected chi connectivity index (χ2v) is 4.01. The van der Waals surface area contributed by atoms with E-state index in [-0.39, 0.29) is 11.0 Å². The maximum atomic E-state index is 12.3. The topological polar surface area (TPSA) is 65.7 Å². The van der Waals surface area contributed by atoms with Crippen molar-refractivity contribution in [3.05, 3.63) is 69.2 Å². The average Bonchev–Trinajstić information content (AvgIpc) is 2.40. The van der Waals surface area contributed by atoms with Crippen LogP contribution in [0.3, 0.4) is 0 Å². The lowest BCUT2D eigenvalue weighted by molar-refractivity contribution is 1.22. The fourth-order valence-corrected chi connectivity index (χ4v) is 1.96. The van der Waals surface area contributed by atoms with Crippen LogP contribution in [-0.4, -0.2) is 9.97 Å². The van der Waals surface area contributed by atoms with E-state index in [0.29, 0.717) is 16.6 Å². The van der Waals surface area contributed by atoms with Gasteiger partial charge in [-0.25, -0.2) is 0 Å². The van der Waals surface area contributed by atoms with Crippen molar-refractivity contribution >= 4 is 11.0 Å². The molecule has 0 amide bonds. The van der Waals surface area contributed by atoms with Crippen molar-refractivity contribution < 1.29 is 0 Å². The molecule has 0 aliphatic rings. The van der Waals surface area contributed by atoms with Gasteiger partial charge < -0.3 is 9.97 Å². The molecule has 3 aromatic rings. The number of nitrogens with one attached hydrogen (secondary N) is 2. The molecule has 0 radical (unpaired) electrons. The van der Waals surface area contributed by atoms with Gasteiger partial charge in [-0.3, -0.25) is 9.59 Å². The summed E-state index contributed by atoms with van der Waals surface area (Å²) in [6, 6.07) is 12.3. The molecule has 0 saturated carbocycles. The molecule has 0 atom stereocenters. The second kappa shape index (κ2) is 4.00. The number of pyridine rings is 2. The molecule has 0 saturated heterocycles. The van der Waals surface area contributed by atoms with Crippen LogP contribution in [0.1, 0.15) is 0 Å². The van der Waals surface area contributed by atoms with Gasteiger partial charge in [0.2, 0.25) is 5.56 Å². The van der Waals surface area contributed by atoms with Gasteiger partial charge in [-0.15, -0.1) is 0 Å². The molecule has 0 fully saturated rings. The van der Waals surface area contributed by atoms with Gasteiger partial charge in [0, 0.05) is 17.8 Å². The highest BCUT2D eigenvalue weighted by molar-refractivity contribution is 5.80. The van der Waals surface area contributed by atoms with Crippen molar-refractivity contribution in [2.75, 3.05) is 0 Å². The van der Waals surface area contributed by atoms with Gasteiger partial charge in [-0.2, -0.15) is 0 Å². The summed E-state index contributed by atoms with van der Waals surface area (Å²) in [5, 5.41) is 0.482. The molecule has 0 spiro atoms. The van der Waals surface area contributed by atoms with Crippen LogP contribution < -0.4 is 11.0 Å². The van der Waals surface area contributed by atoms with Gasteiger partial charge in [0.1, 0.15) is 5.65 Å². The Labute approximate surface area is 102 Å². The van der Waals surface area contributed by atoms with Crippen LogP contribution in [-0.2, 0) is 0 Å². The minimum atomic E-state index is -0.231. The third kappa shape index (κ3) is 1.64. The van der Waals surface area contributed by atoms with Gasteiger partial charge >= 0.3 is 0 Å². The molecule has 0 unspecified atom stereocenters. The Balaban J connectivity index is 2.34. The maximum absolute atomic E-state index is 12.3. The third-order valence-corrected chi connectivity index (χ3v) is 2.85. The quantitative estimate of drug-likeness (QED) is 0.679. The predicted molar refractivity (Wildman–Crippen MR) is 70.6 cm³/mol. The monoisotopic (exact) mass is 238 g/mol. The molecule has 18 heavy (non-hydrogen) atoms. The van der Waals surface area contributed by atoms with Crippen LogP contribution in [0.4, 0.5) is 0 Å². The van der Waals surface area contributed by atoms with Crippen molar-refractivity contribution in [2.45, 2.75) is 0 Å². The van der Waals surface area contributed by atoms with E-state index >= 15 is 0 Å². The Kier molecular flexibility index (Phi) is 2.34. The van der Waals surface area contributed by atoms with Crippen molar-refractivity contribution in [1.82, 2.24) is 9.97 Å². The summed E-state index contributed by atoms with van der Waals surface area (Å²) in [6.07, 6.45) is 1.62. The van der Waals surface area contributed by atoms with Gasteiger partial charge in [0.25, 0.3) is 0 Å². The van der Waals surface area contributed by atoms with Gasteiger partial charge in [-0.05, 0) is 11.6 Å². The lowest BCUT2D eigenvalue weighted by Crippen LogP contribution is -2.11. The molecule has 4 heteroatoms. The van der Waals surface area contributed by atoms with Crippen molar-refractivity contribution in [2.24, 2.45) is 0 Å². The highest BCUT2D eigenvalue weighted by Crippen LogP contribution is 2.15. The maximum Gasteiger partial charge on any atom is 0.249 e. The lowest BCUT2D eigenvalue weighted by Gasteiger charge is -2.02. The fourth-order valence-electron chi connectivity index (χ4n) is 1.96. The Morgan fingerprint density at radius 3 is 2.44 bits per heavy atom. The third-order valence-electron chi connectivity index (χ3n) is 2.85. The van der Waals surface area contributed by atoms with Crippen molar-refractivity contribution in [3.8, 4) is 11.1 Å². The molecular weight excluding hydrogens is 228 g/mol. The fraction of sp³-hybridized carbons (Fsp3) is 0. The minimum Gasteiger partial charge on any atom is -0.347 e. The normalized spacial score (nSPS) is 10.7. The molecule has 1 aromatic carbocycles. The molecule has 2 heterocycles. The number of benzene rings is 1. The highest BCUT2D eigenvalue weighted by atomic mass is 16.1. The first-order valence-corrected chi connectivity index (χ1v) is 5.56. The molecule has 88 valence electrons. The molecule has 0 aliphatic heterocycles. The zero-order valence-corrected chi connectivity index (χ0v) is 9.44. The number of fused-ring (bicyclic) bond motifs is 1. The summed E-state index contributed by atoms with van der Waals surface area (Å²) in [6.45, 7) is 0. The summed E-state index contributed by atoms with van der Waals surface area (Å²) in [7, 11) is 0. The number of H-pyrrole nitrogens is 2. The number of aromatic amines is 2. The molecular formula is C14H10N2O2. The molecule has 4 nitrogen and oxygen atoms in total. The Morgan fingerprint density at radius 1 is 0.889 bits per heavy atom. The van der Waals surface area contributed by atoms with Crippen LogP contribution in [0, 0.1) is 0 Å². The summed E-state index contributed by atoms with van der Waals surface area (Å²) in [4.78, 5) is 29.0. The van der Waals surface area contributed by atoms with Gasteiger partial charge in [-0.1, -0.05) is 30.3 Å². The SMILES string of the molecule is O=c1ccc2c(=O)c(-c3ccccc3)c[nH]c2[nH]1. The number of hydrogen-bond donors (Lipinski definition) is 2. The second-order valence-electron chi connectivity index (χ2n) is 4.01. The van der Waals surface area contributed by atoms with E-state index in [1.807, 2.05) is 30.3 Å². The Bertz CT molecular complexity index is 816. The highest BCUT2D eigenvalue weighted by Gasteiger charge is 2.06. The van der Waals surface area contributed by atoms with E-state index in [1.54, 1.807) is 12.3 Å². The van der Waals surface area contributed by atoms with Crippen molar-refractivity contribution in [1.29, 1.82) is 0 Å². The summed E-state index contributed by atoms with van der Waals surface area (Å²) in [5.74, 6) is 0. The standard InChI is InChI=1S/C14H10N2O2/c17-12-7-6-10-13(18)11(8-15-14(10)16-12)9-4-2-1-3-5-9/h1-8H,(H2,15,16,17,18). The molecule has 2 N–H and O–H groups in total. The molecule has 2 aromatic heterocycles. The average molecular weight is 238 g/mol. The van der Waals surface area contributed by atoms with E-state index in [0.717, 1.165) is 5.56 Å². The first kappa shape index (κ1) is 10.5. The van der Waals surface area contributed by atoms with Crippen LogP contribution >= 0.6 is 0 Å². The largest absolute Gasteiger partial charge is 0.347 e. The minimum absolute atomic E-state index is 0.0915. The van der Waals surface area contributed by atoms with E-state index in [4.69, 9.17) is 0 Å². The van der Waals surface area contributed by atoms with E-state index in [9.17, 15) is 9.59 Å². The first-order chi connectivity index (χ1) is 8.75.